The van der Waals surface area contributed by atoms with E-state index in [1.165, 1.54) is 16.4 Å². The van der Waals surface area contributed by atoms with E-state index in [-0.39, 0.29) is 39.2 Å². The molecule has 0 saturated carbocycles. The molecule has 3 fully saturated rings. The van der Waals surface area contributed by atoms with E-state index in [4.69, 9.17) is 32.7 Å². The maximum absolute atomic E-state index is 15.1. The lowest BCUT2D eigenvalue weighted by molar-refractivity contribution is -0.0228. The molecule has 0 bridgehead atoms. The van der Waals surface area contributed by atoms with Crippen molar-refractivity contribution in [3.8, 4) is 0 Å². The Balaban J connectivity index is 1.25. The highest BCUT2D eigenvalue weighted by Gasteiger charge is 2.36. The molecule has 8 nitrogen and oxygen atoms in total. The van der Waals surface area contributed by atoms with E-state index in [0.717, 1.165) is 25.2 Å². The lowest BCUT2D eigenvalue weighted by Crippen LogP contribution is -2.53. The quantitative estimate of drug-likeness (QED) is 0.482. The Labute approximate surface area is 226 Å². The number of benzene rings is 2. The molecule has 0 aromatic heterocycles. The van der Waals surface area contributed by atoms with E-state index in [0.29, 0.717) is 46.0 Å². The fraction of sp³-hybridized carbons (Fsp3) is 0.480. The van der Waals surface area contributed by atoms with Crippen molar-refractivity contribution in [2.75, 3.05) is 65.6 Å². The largest absolute Gasteiger partial charge is 0.379 e. The van der Waals surface area contributed by atoms with Gasteiger partial charge in [0.25, 0.3) is 16.2 Å². The average molecular weight is 572 g/mol. The number of morpholine rings is 2. The smallest absolute Gasteiger partial charge is 0.275 e. The van der Waals surface area contributed by atoms with Gasteiger partial charge in [-0.15, -0.1) is 3.89 Å². The summed E-state index contributed by atoms with van der Waals surface area (Å²) < 4.78 is 44.0. The van der Waals surface area contributed by atoms with Crippen molar-refractivity contribution in [2.24, 2.45) is 10.3 Å². The van der Waals surface area contributed by atoms with Gasteiger partial charge in [0.2, 0.25) is 0 Å². The van der Waals surface area contributed by atoms with Crippen LogP contribution >= 0.6 is 23.2 Å². The zero-order valence-corrected chi connectivity index (χ0v) is 22.6. The predicted octanol–water partition coefficient (Wildman–Crippen LogP) is 4.37. The molecule has 0 radical (unpaired) electrons. The van der Waals surface area contributed by atoms with Gasteiger partial charge in [0.1, 0.15) is 6.10 Å². The topological polar surface area (TPSA) is 74.7 Å². The van der Waals surface area contributed by atoms with Gasteiger partial charge in [-0.3, -0.25) is 9.69 Å². The van der Waals surface area contributed by atoms with Crippen molar-refractivity contribution in [3.05, 3.63) is 63.6 Å². The Morgan fingerprint density at radius 2 is 1.70 bits per heavy atom. The van der Waals surface area contributed by atoms with Gasteiger partial charge in [0.15, 0.2) is 0 Å². The van der Waals surface area contributed by atoms with E-state index in [9.17, 15) is 9.00 Å². The van der Waals surface area contributed by atoms with Crippen LogP contribution in [0.3, 0.4) is 0 Å². The van der Waals surface area contributed by atoms with Gasteiger partial charge >= 0.3 is 0 Å². The third-order valence-corrected chi connectivity index (χ3v) is 8.81. The van der Waals surface area contributed by atoms with Crippen LogP contribution in [0.25, 0.3) is 0 Å². The molecule has 5 rings (SSSR count). The minimum absolute atomic E-state index is 0.0276. The molecule has 12 heteroatoms. The van der Waals surface area contributed by atoms with Gasteiger partial charge in [-0.1, -0.05) is 53.5 Å². The summed E-state index contributed by atoms with van der Waals surface area (Å²) >= 11 is 12.8. The zero-order valence-electron chi connectivity index (χ0n) is 20.2. The fourth-order valence-electron chi connectivity index (χ4n) is 4.84. The molecule has 0 aliphatic carbocycles. The first-order valence-electron chi connectivity index (χ1n) is 12.3. The number of carbonyl (C=O) groups excluding carboxylic acids is 1. The molecule has 2 aromatic rings. The standard InChI is InChI=1S/C25H29Cl2FN4O4S/c26-21-12-20(29-37(28,34)32-15-18(16-32)14-30-6-9-35-10-7-30)13-22(27)24(21)25(33)31-8-11-36-23(17-31)19-4-2-1-3-5-19/h1-5,12-13,18,23H,6-11,14-17H2/t23-,37?/m1/s1. The Bertz CT molecular complexity index is 1230. The number of nitrogens with zero attached hydrogens (tertiary/aromatic N) is 4. The van der Waals surface area contributed by atoms with E-state index >= 15 is 3.89 Å². The van der Waals surface area contributed by atoms with E-state index in [1.54, 1.807) is 4.90 Å². The SMILES string of the molecule is O=C(c1c(Cl)cc(N=S(=O)(F)N2CC(CN3CCOCC3)C2)cc1Cl)N1CCO[C@@H](c2ccccc2)C1. The van der Waals surface area contributed by atoms with Crippen LogP contribution in [0.1, 0.15) is 22.0 Å². The molecule has 3 saturated heterocycles. The zero-order chi connectivity index (χ0) is 26.0. The number of hydrogen-bond donors (Lipinski definition) is 0. The number of amides is 1. The third kappa shape index (κ3) is 6.27. The molecule has 3 aliphatic heterocycles. The molecule has 3 heterocycles. The van der Waals surface area contributed by atoms with E-state index in [2.05, 4.69) is 9.26 Å². The van der Waals surface area contributed by atoms with Gasteiger partial charge in [-0.25, -0.2) is 0 Å². The summed E-state index contributed by atoms with van der Waals surface area (Å²) in [6, 6.07) is 12.3. The number of rotatable bonds is 6. The van der Waals surface area contributed by atoms with Crippen molar-refractivity contribution in [2.45, 2.75) is 6.10 Å². The molecule has 3 aliphatic rings. The highest BCUT2D eigenvalue weighted by molar-refractivity contribution is 7.86. The normalized spacial score (nSPS) is 23.3. The first-order chi connectivity index (χ1) is 17.8. The van der Waals surface area contributed by atoms with Gasteiger partial charge < -0.3 is 14.4 Å². The fourth-order valence-corrected chi connectivity index (χ4v) is 6.74. The summed E-state index contributed by atoms with van der Waals surface area (Å²) in [5.41, 5.74) is 1.11. The Morgan fingerprint density at radius 1 is 1.03 bits per heavy atom. The first kappa shape index (κ1) is 26.8. The van der Waals surface area contributed by atoms with Crippen LogP contribution in [-0.4, -0.2) is 89.9 Å². The number of hydrogen-bond acceptors (Lipinski definition) is 6. The second-order valence-corrected chi connectivity index (χ2v) is 11.8. The van der Waals surface area contributed by atoms with Crippen molar-refractivity contribution in [1.29, 1.82) is 0 Å². The maximum Gasteiger partial charge on any atom is 0.275 e. The molecule has 1 unspecified atom stereocenters. The summed E-state index contributed by atoms with van der Waals surface area (Å²) in [5.74, 6) is -0.120. The molecule has 2 aromatic carbocycles. The van der Waals surface area contributed by atoms with Crippen LogP contribution in [-0.2, 0) is 19.8 Å². The van der Waals surface area contributed by atoms with Gasteiger partial charge in [-0.2, -0.15) is 12.9 Å². The van der Waals surface area contributed by atoms with Crippen LogP contribution < -0.4 is 0 Å². The second-order valence-electron chi connectivity index (χ2n) is 9.45. The number of ether oxygens (including phenoxy) is 2. The molecule has 0 N–H and O–H groups in total. The Morgan fingerprint density at radius 3 is 2.38 bits per heavy atom. The minimum Gasteiger partial charge on any atom is -0.379 e. The molecule has 200 valence electrons. The summed E-state index contributed by atoms with van der Waals surface area (Å²) in [6.07, 6.45) is -0.259. The highest BCUT2D eigenvalue weighted by atomic mass is 35.5. The predicted molar refractivity (Wildman–Crippen MR) is 141 cm³/mol. The summed E-state index contributed by atoms with van der Waals surface area (Å²) in [5, 5.41) is 0.0611. The van der Waals surface area contributed by atoms with Crippen molar-refractivity contribution >= 4 is 45.1 Å². The molecule has 2 atom stereocenters. The lowest BCUT2D eigenvalue weighted by Gasteiger charge is -2.40. The van der Waals surface area contributed by atoms with Gasteiger partial charge in [0.05, 0.1) is 47.7 Å². The first-order valence-corrected chi connectivity index (χ1v) is 14.4. The van der Waals surface area contributed by atoms with Crippen molar-refractivity contribution in [3.63, 3.8) is 0 Å². The molecule has 0 spiro atoms. The van der Waals surface area contributed by atoms with Crippen LogP contribution in [0, 0.1) is 5.92 Å². The van der Waals surface area contributed by atoms with E-state index < -0.39 is 10.3 Å². The second kappa shape index (κ2) is 11.5. The highest BCUT2D eigenvalue weighted by Crippen LogP contribution is 2.35. The van der Waals surface area contributed by atoms with E-state index in [1.807, 2.05) is 30.3 Å². The summed E-state index contributed by atoms with van der Waals surface area (Å²) in [6.45, 7) is 5.74. The molecular formula is C25H29Cl2FN4O4S. The summed E-state index contributed by atoms with van der Waals surface area (Å²) in [4.78, 5) is 17.2. The van der Waals surface area contributed by atoms with Crippen LogP contribution in [0.2, 0.25) is 10.0 Å². The van der Waals surface area contributed by atoms with Crippen molar-refractivity contribution in [1.82, 2.24) is 14.1 Å². The molecule has 37 heavy (non-hydrogen) atoms. The molecular weight excluding hydrogens is 542 g/mol. The van der Waals surface area contributed by atoms with Crippen LogP contribution in [0.5, 0.6) is 0 Å². The third-order valence-electron chi connectivity index (χ3n) is 6.85. The average Bonchev–Trinajstić information content (AvgIpc) is 2.86. The Hall–Kier alpha value is -1.79. The molecule has 1 amide bonds. The maximum atomic E-state index is 15.1. The number of carbonyl (C=O) groups is 1. The minimum atomic E-state index is -4.14. The van der Waals surface area contributed by atoms with Gasteiger partial charge in [0, 0.05) is 39.3 Å². The summed E-state index contributed by atoms with van der Waals surface area (Å²) in [7, 11) is -4.14. The van der Waals surface area contributed by atoms with Crippen molar-refractivity contribution < 1.29 is 22.4 Å². The monoisotopic (exact) mass is 570 g/mol. The van der Waals surface area contributed by atoms with Crippen LogP contribution in [0.4, 0.5) is 9.57 Å². The van der Waals surface area contributed by atoms with Gasteiger partial charge in [-0.05, 0) is 23.6 Å². The number of halogens is 3. The van der Waals surface area contributed by atoms with Crippen LogP contribution in [0.15, 0.2) is 46.8 Å². The Kier molecular flexibility index (Phi) is 8.35. The lowest BCUT2D eigenvalue weighted by atomic mass is 10.0.